The summed E-state index contributed by atoms with van der Waals surface area (Å²) >= 11 is 0. The lowest BCUT2D eigenvalue weighted by Gasteiger charge is -2.08. The first kappa shape index (κ1) is 15.3. The van der Waals surface area contributed by atoms with Crippen LogP contribution in [-0.2, 0) is 17.8 Å². The first-order valence-corrected chi connectivity index (χ1v) is 7.11. The minimum atomic E-state index is -0.0640. The molecule has 112 valence electrons. The highest BCUT2D eigenvalue weighted by Crippen LogP contribution is 2.07. The molecule has 1 aromatic heterocycles. The largest absolute Gasteiger partial charge is 0.374 e. The van der Waals surface area contributed by atoms with Gasteiger partial charge in [-0.15, -0.1) is 0 Å². The van der Waals surface area contributed by atoms with E-state index in [2.05, 4.69) is 15.3 Å². The van der Waals surface area contributed by atoms with Crippen molar-refractivity contribution in [2.75, 3.05) is 6.54 Å². The monoisotopic (exact) mass is 287 g/mol. The Bertz CT molecular complexity index is 547. The molecule has 2 rings (SSSR count). The zero-order chi connectivity index (χ0) is 15.1. The maximum atomic E-state index is 12.0. The molecule has 0 saturated carbocycles. The number of carbonyl (C=O) groups is 1. The molecule has 0 aliphatic carbocycles. The van der Waals surface area contributed by atoms with E-state index in [-0.39, 0.29) is 12.0 Å². The molecule has 0 aliphatic heterocycles. The maximum Gasteiger partial charge on any atom is 0.251 e. The molecule has 0 fully saturated rings. The lowest BCUT2D eigenvalue weighted by molar-refractivity contribution is 0.0657. The topological polar surface area (TPSA) is 67.0 Å². The normalized spacial score (nSPS) is 10.8. The van der Waals surface area contributed by atoms with Gasteiger partial charge in [0.2, 0.25) is 0 Å². The third-order valence-corrected chi connectivity index (χ3v) is 3.03. The summed E-state index contributed by atoms with van der Waals surface area (Å²) < 4.78 is 5.52. The lowest BCUT2D eigenvalue weighted by atomic mass is 10.1. The number of carbonyl (C=O) groups excluding carboxylic acids is 1. The highest BCUT2D eigenvalue weighted by atomic mass is 16.5. The average molecular weight is 287 g/mol. The quantitative estimate of drug-likeness (QED) is 0.821. The Labute approximate surface area is 124 Å². The fraction of sp³-hybridized carbons (Fsp3) is 0.375. The van der Waals surface area contributed by atoms with E-state index in [1.54, 1.807) is 12.5 Å². The van der Waals surface area contributed by atoms with Crippen molar-refractivity contribution in [1.82, 2.24) is 15.3 Å². The van der Waals surface area contributed by atoms with Crippen LogP contribution in [0.3, 0.4) is 0 Å². The van der Waals surface area contributed by atoms with Crippen molar-refractivity contribution in [2.24, 2.45) is 0 Å². The number of rotatable bonds is 7. The third-order valence-electron chi connectivity index (χ3n) is 3.03. The Hall–Kier alpha value is -2.14. The van der Waals surface area contributed by atoms with E-state index in [1.165, 1.54) is 0 Å². The second-order valence-electron chi connectivity index (χ2n) is 5.14. The highest BCUT2D eigenvalue weighted by molar-refractivity contribution is 5.94. The van der Waals surface area contributed by atoms with E-state index < -0.39 is 0 Å². The number of imidazole rings is 1. The van der Waals surface area contributed by atoms with Crippen LogP contribution in [-0.4, -0.2) is 28.5 Å². The van der Waals surface area contributed by atoms with Gasteiger partial charge in [0.15, 0.2) is 0 Å². The Morgan fingerprint density at radius 1 is 1.33 bits per heavy atom. The molecule has 21 heavy (non-hydrogen) atoms. The van der Waals surface area contributed by atoms with Crippen molar-refractivity contribution < 1.29 is 9.53 Å². The summed E-state index contributed by atoms with van der Waals surface area (Å²) in [5.74, 6) is -0.0640. The predicted octanol–water partition coefficient (Wildman–Crippen LogP) is 2.31. The van der Waals surface area contributed by atoms with Gasteiger partial charge in [-0.1, -0.05) is 12.1 Å². The van der Waals surface area contributed by atoms with Crippen LogP contribution in [0, 0.1) is 0 Å². The van der Waals surface area contributed by atoms with Crippen LogP contribution in [0.25, 0.3) is 0 Å². The highest BCUT2D eigenvalue weighted by Gasteiger charge is 2.05. The van der Waals surface area contributed by atoms with Crippen LogP contribution < -0.4 is 5.32 Å². The van der Waals surface area contributed by atoms with Crippen LogP contribution in [0.5, 0.6) is 0 Å². The average Bonchev–Trinajstić information content (AvgIpc) is 2.99. The number of hydrogen-bond acceptors (Lipinski definition) is 3. The van der Waals surface area contributed by atoms with Gasteiger partial charge in [-0.25, -0.2) is 4.98 Å². The summed E-state index contributed by atoms with van der Waals surface area (Å²) in [7, 11) is 0. The van der Waals surface area contributed by atoms with Gasteiger partial charge in [0, 0.05) is 30.4 Å². The summed E-state index contributed by atoms with van der Waals surface area (Å²) in [5, 5.41) is 2.89. The van der Waals surface area contributed by atoms with Gasteiger partial charge < -0.3 is 15.0 Å². The zero-order valence-corrected chi connectivity index (χ0v) is 12.4. The van der Waals surface area contributed by atoms with Gasteiger partial charge in [0.05, 0.1) is 19.0 Å². The number of amides is 1. The van der Waals surface area contributed by atoms with Crippen molar-refractivity contribution in [1.29, 1.82) is 0 Å². The summed E-state index contributed by atoms with van der Waals surface area (Å²) in [5.41, 5.74) is 2.74. The molecular weight excluding hydrogens is 266 g/mol. The van der Waals surface area contributed by atoms with Crippen LogP contribution >= 0.6 is 0 Å². The molecule has 1 aromatic carbocycles. The van der Waals surface area contributed by atoms with Crippen LogP contribution in [0.2, 0.25) is 0 Å². The minimum absolute atomic E-state index is 0.0640. The van der Waals surface area contributed by atoms with Crippen molar-refractivity contribution in [3.63, 3.8) is 0 Å². The lowest BCUT2D eigenvalue weighted by Crippen LogP contribution is -2.25. The molecular formula is C16H21N3O2. The molecule has 1 heterocycles. The second kappa shape index (κ2) is 7.59. The SMILES string of the molecule is CC(C)OCc1ccc(C(=O)NCCc2cnc[nH]2)cc1. The maximum absolute atomic E-state index is 12.0. The predicted molar refractivity (Wildman–Crippen MR) is 81.0 cm³/mol. The summed E-state index contributed by atoms with van der Waals surface area (Å²) in [4.78, 5) is 18.9. The molecule has 1 amide bonds. The molecule has 2 N–H and O–H groups in total. The number of nitrogens with zero attached hydrogens (tertiary/aromatic N) is 1. The van der Waals surface area contributed by atoms with Crippen molar-refractivity contribution in [3.8, 4) is 0 Å². The fourth-order valence-electron chi connectivity index (χ4n) is 1.85. The Morgan fingerprint density at radius 2 is 2.10 bits per heavy atom. The molecule has 0 radical (unpaired) electrons. The van der Waals surface area contributed by atoms with E-state index >= 15 is 0 Å². The molecule has 0 aliphatic rings. The molecule has 0 unspecified atom stereocenters. The number of ether oxygens (including phenoxy) is 1. The first-order valence-electron chi connectivity index (χ1n) is 7.11. The molecule has 0 saturated heterocycles. The first-order chi connectivity index (χ1) is 10.1. The minimum Gasteiger partial charge on any atom is -0.374 e. The van der Waals surface area contributed by atoms with E-state index in [4.69, 9.17) is 4.74 Å². The number of aromatic nitrogens is 2. The molecule has 2 aromatic rings. The van der Waals surface area contributed by atoms with Crippen molar-refractivity contribution in [2.45, 2.75) is 33.0 Å². The molecule has 0 atom stereocenters. The molecule has 5 heteroatoms. The van der Waals surface area contributed by atoms with Gasteiger partial charge >= 0.3 is 0 Å². The van der Waals surface area contributed by atoms with Gasteiger partial charge in [-0.3, -0.25) is 4.79 Å². The van der Waals surface area contributed by atoms with Gasteiger partial charge in [-0.2, -0.15) is 0 Å². The van der Waals surface area contributed by atoms with Gasteiger partial charge in [0.1, 0.15) is 0 Å². The van der Waals surface area contributed by atoms with Crippen molar-refractivity contribution >= 4 is 5.91 Å². The summed E-state index contributed by atoms with van der Waals surface area (Å²) in [6.45, 7) is 5.15. The van der Waals surface area contributed by atoms with E-state index in [0.717, 1.165) is 17.7 Å². The van der Waals surface area contributed by atoms with Crippen LogP contribution in [0.4, 0.5) is 0 Å². The number of aromatic amines is 1. The van der Waals surface area contributed by atoms with Crippen LogP contribution in [0.1, 0.15) is 35.5 Å². The Kier molecular flexibility index (Phi) is 5.51. The van der Waals surface area contributed by atoms with Crippen molar-refractivity contribution in [3.05, 3.63) is 53.6 Å². The second-order valence-corrected chi connectivity index (χ2v) is 5.14. The summed E-state index contributed by atoms with van der Waals surface area (Å²) in [6, 6.07) is 7.49. The summed E-state index contributed by atoms with van der Waals surface area (Å²) in [6.07, 6.45) is 4.34. The fourth-order valence-corrected chi connectivity index (χ4v) is 1.85. The smallest absolute Gasteiger partial charge is 0.251 e. The Morgan fingerprint density at radius 3 is 2.71 bits per heavy atom. The third kappa shape index (κ3) is 5.04. The molecule has 0 spiro atoms. The molecule has 0 bridgehead atoms. The van der Waals surface area contributed by atoms with Crippen LogP contribution in [0.15, 0.2) is 36.8 Å². The van der Waals surface area contributed by atoms with Gasteiger partial charge in [0.25, 0.3) is 5.91 Å². The van der Waals surface area contributed by atoms with E-state index in [9.17, 15) is 4.79 Å². The standard InChI is InChI=1S/C16H21N3O2/c1-12(2)21-10-13-3-5-14(6-4-13)16(20)18-8-7-15-9-17-11-19-15/h3-6,9,11-12H,7-8,10H2,1-2H3,(H,17,19)(H,18,20). The molecule has 5 nitrogen and oxygen atoms in total. The van der Waals surface area contributed by atoms with Gasteiger partial charge in [-0.05, 0) is 31.5 Å². The number of H-pyrrole nitrogens is 1. The zero-order valence-electron chi connectivity index (χ0n) is 12.4. The number of hydrogen-bond donors (Lipinski definition) is 2. The number of nitrogens with one attached hydrogen (secondary N) is 2. The van der Waals surface area contributed by atoms with E-state index in [1.807, 2.05) is 38.1 Å². The number of benzene rings is 1. The Balaban J connectivity index is 1.79. The van der Waals surface area contributed by atoms with E-state index in [0.29, 0.717) is 18.7 Å².